The Morgan fingerprint density at radius 2 is 1.90 bits per heavy atom. The first-order chi connectivity index (χ1) is 9.45. The van der Waals surface area contributed by atoms with Gasteiger partial charge in [-0.3, -0.25) is 0 Å². The molecule has 0 amide bonds. The zero-order valence-corrected chi connectivity index (χ0v) is 11.0. The third-order valence-corrected chi connectivity index (χ3v) is 3.41. The summed E-state index contributed by atoms with van der Waals surface area (Å²) in [4.78, 5) is 21.8. The molecule has 0 unspecified atom stereocenters. The fourth-order valence-electron chi connectivity index (χ4n) is 1.56. The van der Waals surface area contributed by atoms with Gasteiger partial charge in [0.25, 0.3) is 0 Å². The Morgan fingerprint density at radius 1 is 1.15 bits per heavy atom. The van der Waals surface area contributed by atoms with Gasteiger partial charge >= 0.3 is 11.9 Å². The first-order valence-electron chi connectivity index (χ1n) is 5.53. The second kappa shape index (κ2) is 5.62. The molecule has 1 aromatic carbocycles. The van der Waals surface area contributed by atoms with Crippen molar-refractivity contribution < 1.29 is 24.5 Å². The lowest BCUT2D eigenvalue weighted by atomic mass is 10.2. The van der Waals surface area contributed by atoms with Gasteiger partial charge in [-0.05, 0) is 23.6 Å². The van der Waals surface area contributed by atoms with E-state index in [-0.39, 0.29) is 22.7 Å². The van der Waals surface area contributed by atoms with Crippen LogP contribution in [0.3, 0.4) is 0 Å². The van der Waals surface area contributed by atoms with Crippen LogP contribution in [0.1, 0.15) is 25.6 Å². The Bertz CT molecular complexity index is 665. The van der Waals surface area contributed by atoms with Gasteiger partial charge in [0.2, 0.25) is 0 Å². The van der Waals surface area contributed by atoms with Crippen LogP contribution in [0.4, 0.5) is 5.69 Å². The molecular weight excluding hydrogens is 282 g/mol. The first kappa shape index (κ1) is 13.9. The van der Waals surface area contributed by atoms with Crippen LogP contribution in [0.25, 0.3) is 0 Å². The average molecular weight is 293 g/mol. The molecule has 1 heterocycles. The van der Waals surface area contributed by atoms with E-state index in [0.29, 0.717) is 11.3 Å². The topological polar surface area (TPSA) is 110 Å². The third kappa shape index (κ3) is 3.27. The second-order valence-electron chi connectivity index (χ2n) is 4.01. The largest absolute Gasteiger partial charge is 0.489 e. The number of nitrogens with two attached hydrogens (primary N) is 1. The van der Waals surface area contributed by atoms with Crippen molar-refractivity contribution >= 4 is 29.0 Å². The minimum absolute atomic E-state index is 0.0385. The van der Waals surface area contributed by atoms with E-state index in [1.807, 2.05) is 0 Å². The maximum Gasteiger partial charge on any atom is 0.345 e. The number of anilines is 1. The Kier molecular flexibility index (Phi) is 3.90. The molecule has 0 aliphatic heterocycles. The molecule has 0 aliphatic carbocycles. The zero-order chi connectivity index (χ0) is 14.7. The highest BCUT2D eigenvalue weighted by Crippen LogP contribution is 2.21. The van der Waals surface area contributed by atoms with Crippen molar-refractivity contribution in [3.05, 3.63) is 45.6 Å². The number of aromatic carboxylic acids is 2. The molecule has 0 aliphatic rings. The number of carboxylic acid groups (broad SMARTS) is 2. The summed E-state index contributed by atoms with van der Waals surface area (Å²) >= 11 is 1.11. The van der Waals surface area contributed by atoms with Gasteiger partial charge in [-0.1, -0.05) is 0 Å². The van der Waals surface area contributed by atoms with Crippen LogP contribution in [0.5, 0.6) is 5.75 Å². The average Bonchev–Trinajstić information content (AvgIpc) is 2.84. The fourth-order valence-corrected chi connectivity index (χ4v) is 2.29. The van der Waals surface area contributed by atoms with Gasteiger partial charge in [-0.2, -0.15) is 0 Å². The molecule has 20 heavy (non-hydrogen) atoms. The molecule has 0 saturated heterocycles. The van der Waals surface area contributed by atoms with Crippen LogP contribution in [-0.4, -0.2) is 22.2 Å². The number of rotatable bonds is 5. The Hall–Kier alpha value is -2.54. The number of hydrogen-bond donors (Lipinski definition) is 3. The lowest BCUT2D eigenvalue weighted by Crippen LogP contribution is -2.01. The number of benzene rings is 1. The normalized spacial score (nSPS) is 10.2. The summed E-state index contributed by atoms with van der Waals surface area (Å²) < 4.78 is 5.43. The predicted molar refractivity (Wildman–Crippen MR) is 73.4 cm³/mol. The number of carbonyl (C=O) groups is 2. The minimum Gasteiger partial charge on any atom is -0.489 e. The molecule has 0 fully saturated rings. The molecule has 0 bridgehead atoms. The molecule has 0 atom stereocenters. The van der Waals surface area contributed by atoms with E-state index in [2.05, 4.69) is 0 Å². The van der Waals surface area contributed by atoms with Crippen molar-refractivity contribution in [1.29, 1.82) is 0 Å². The summed E-state index contributed by atoms with van der Waals surface area (Å²) in [6.45, 7) is 0.145. The number of ether oxygens (including phenoxy) is 1. The van der Waals surface area contributed by atoms with Crippen LogP contribution in [0.15, 0.2) is 29.6 Å². The van der Waals surface area contributed by atoms with Gasteiger partial charge in [-0.25, -0.2) is 9.59 Å². The second-order valence-corrected chi connectivity index (χ2v) is 4.92. The van der Waals surface area contributed by atoms with Crippen LogP contribution < -0.4 is 10.5 Å². The summed E-state index contributed by atoms with van der Waals surface area (Å²) in [7, 11) is 0. The van der Waals surface area contributed by atoms with Crippen LogP contribution in [-0.2, 0) is 6.61 Å². The highest BCUT2D eigenvalue weighted by atomic mass is 32.1. The lowest BCUT2D eigenvalue weighted by molar-refractivity contribution is 0.0688. The van der Waals surface area contributed by atoms with Gasteiger partial charge in [0, 0.05) is 17.3 Å². The van der Waals surface area contributed by atoms with E-state index in [1.165, 1.54) is 24.3 Å². The van der Waals surface area contributed by atoms with E-state index in [0.717, 1.165) is 11.3 Å². The van der Waals surface area contributed by atoms with E-state index in [9.17, 15) is 9.59 Å². The summed E-state index contributed by atoms with van der Waals surface area (Å²) in [5.41, 5.74) is 6.62. The molecule has 0 radical (unpaired) electrons. The van der Waals surface area contributed by atoms with Gasteiger partial charge in [0.05, 0.1) is 5.56 Å². The maximum absolute atomic E-state index is 10.9. The molecule has 7 heteroatoms. The third-order valence-electron chi connectivity index (χ3n) is 2.45. The van der Waals surface area contributed by atoms with E-state index in [4.69, 9.17) is 20.7 Å². The maximum atomic E-state index is 10.9. The molecule has 2 rings (SSSR count). The van der Waals surface area contributed by atoms with E-state index < -0.39 is 11.9 Å². The number of carboxylic acids is 2. The summed E-state index contributed by atoms with van der Waals surface area (Å²) in [5.74, 6) is -1.75. The molecule has 2 aromatic rings. The predicted octanol–water partition coefficient (Wildman–Crippen LogP) is 2.31. The van der Waals surface area contributed by atoms with Gasteiger partial charge in [0.1, 0.15) is 17.2 Å². The Morgan fingerprint density at radius 3 is 2.50 bits per heavy atom. The zero-order valence-electron chi connectivity index (χ0n) is 10.2. The monoisotopic (exact) mass is 293 g/mol. The van der Waals surface area contributed by atoms with Crippen molar-refractivity contribution in [3.8, 4) is 5.75 Å². The van der Waals surface area contributed by atoms with Crippen molar-refractivity contribution in [2.24, 2.45) is 0 Å². The van der Waals surface area contributed by atoms with Gasteiger partial charge in [0.15, 0.2) is 0 Å². The summed E-state index contributed by atoms with van der Waals surface area (Å²) in [6.07, 6.45) is 0. The summed E-state index contributed by atoms with van der Waals surface area (Å²) in [5, 5.41) is 19.4. The molecule has 4 N–H and O–H groups in total. The Balaban J connectivity index is 2.10. The van der Waals surface area contributed by atoms with Crippen LogP contribution in [0, 0.1) is 0 Å². The summed E-state index contributed by atoms with van der Waals surface area (Å²) in [6, 6.07) is 5.72. The smallest absolute Gasteiger partial charge is 0.345 e. The molecule has 0 saturated carbocycles. The van der Waals surface area contributed by atoms with Gasteiger partial charge < -0.3 is 20.7 Å². The number of thiophene rings is 1. The number of nitrogen functional groups attached to an aromatic ring is 1. The molecule has 1 aromatic heterocycles. The van der Waals surface area contributed by atoms with Crippen molar-refractivity contribution in [1.82, 2.24) is 0 Å². The van der Waals surface area contributed by atoms with Crippen molar-refractivity contribution in [2.45, 2.75) is 6.61 Å². The van der Waals surface area contributed by atoms with Crippen molar-refractivity contribution in [3.63, 3.8) is 0 Å². The number of hydrogen-bond acceptors (Lipinski definition) is 5. The highest BCUT2D eigenvalue weighted by molar-refractivity contribution is 7.12. The minimum atomic E-state index is -1.09. The molecule has 6 nitrogen and oxygen atoms in total. The Labute approximate surface area is 118 Å². The first-order valence-corrected chi connectivity index (χ1v) is 6.41. The standard InChI is InChI=1S/C13H11NO5S/c14-9-2-8(12(15)16)3-10(4-9)19-5-7-1-11(13(17)18)20-6-7/h1-4,6H,5,14H2,(H,15,16)(H,17,18). The van der Waals surface area contributed by atoms with Gasteiger partial charge in [-0.15, -0.1) is 11.3 Å². The molecular formula is C13H11NO5S. The highest BCUT2D eigenvalue weighted by Gasteiger charge is 2.09. The lowest BCUT2D eigenvalue weighted by Gasteiger charge is -2.07. The molecule has 0 spiro atoms. The van der Waals surface area contributed by atoms with Crippen LogP contribution in [0.2, 0.25) is 0 Å². The van der Waals surface area contributed by atoms with E-state index in [1.54, 1.807) is 5.38 Å². The fraction of sp³-hybridized carbons (Fsp3) is 0.0769. The van der Waals surface area contributed by atoms with E-state index >= 15 is 0 Å². The quantitative estimate of drug-likeness (QED) is 0.730. The van der Waals surface area contributed by atoms with Crippen molar-refractivity contribution in [2.75, 3.05) is 5.73 Å². The SMILES string of the molecule is Nc1cc(OCc2csc(C(=O)O)c2)cc(C(=O)O)c1. The van der Waals surface area contributed by atoms with Crippen LogP contribution >= 0.6 is 11.3 Å². The molecule has 104 valence electrons.